The van der Waals surface area contributed by atoms with Crippen LogP contribution in [0.25, 0.3) is 11.0 Å². The molecule has 3 nitrogen and oxygen atoms in total. The molecule has 1 saturated heterocycles. The summed E-state index contributed by atoms with van der Waals surface area (Å²) in [5.41, 5.74) is 3.50. The molecule has 1 fully saturated rings. The molecule has 0 radical (unpaired) electrons. The van der Waals surface area contributed by atoms with E-state index in [4.69, 9.17) is 0 Å². The summed E-state index contributed by atoms with van der Waals surface area (Å²) >= 11 is 0. The van der Waals surface area contributed by atoms with Gasteiger partial charge in [-0.15, -0.1) is 0 Å². The first kappa shape index (κ1) is 8.92. The highest BCUT2D eigenvalue weighted by Gasteiger charge is 2.15. The van der Waals surface area contributed by atoms with Gasteiger partial charge in [-0.3, -0.25) is 4.98 Å². The minimum absolute atomic E-state index is 0.499. The van der Waals surface area contributed by atoms with Crippen LogP contribution in [0, 0.1) is 0 Å². The van der Waals surface area contributed by atoms with Gasteiger partial charge >= 0.3 is 0 Å². The fraction of sp³-hybridized carbons (Fsp3) is 0.417. The molecule has 15 heavy (non-hydrogen) atoms. The van der Waals surface area contributed by atoms with E-state index < -0.39 is 0 Å². The molecule has 0 aliphatic carbocycles. The first-order valence-electron chi connectivity index (χ1n) is 5.60. The van der Waals surface area contributed by atoms with Crippen LogP contribution in [0.3, 0.4) is 0 Å². The quantitative estimate of drug-likeness (QED) is 0.743. The van der Waals surface area contributed by atoms with E-state index in [0.29, 0.717) is 6.04 Å². The van der Waals surface area contributed by atoms with Crippen LogP contribution in [0.4, 0.5) is 0 Å². The molecule has 3 heteroatoms. The number of piperidine rings is 1. The lowest BCUT2D eigenvalue weighted by atomic mass is 9.99. The first-order chi connectivity index (χ1) is 7.43. The van der Waals surface area contributed by atoms with E-state index in [-0.39, 0.29) is 0 Å². The predicted octanol–water partition coefficient (Wildman–Crippen LogP) is 2.38. The van der Waals surface area contributed by atoms with Gasteiger partial charge in [-0.05, 0) is 37.1 Å². The highest BCUT2D eigenvalue weighted by atomic mass is 14.9. The fourth-order valence-corrected chi connectivity index (χ4v) is 2.28. The minimum atomic E-state index is 0.499. The van der Waals surface area contributed by atoms with E-state index in [1.807, 2.05) is 18.5 Å². The van der Waals surface area contributed by atoms with Gasteiger partial charge in [-0.25, -0.2) is 0 Å². The lowest BCUT2D eigenvalue weighted by Crippen LogP contribution is -2.26. The number of H-pyrrole nitrogens is 1. The van der Waals surface area contributed by atoms with Crippen molar-refractivity contribution >= 4 is 11.0 Å². The number of aromatic nitrogens is 2. The monoisotopic (exact) mass is 201 g/mol. The van der Waals surface area contributed by atoms with E-state index in [0.717, 1.165) is 17.6 Å². The van der Waals surface area contributed by atoms with Crippen molar-refractivity contribution < 1.29 is 0 Å². The van der Waals surface area contributed by atoms with Crippen LogP contribution < -0.4 is 5.32 Å². The van der Waals surface area contributed by atoms with Crippen molar-refractivity contribution in [3.63, 3.8) is 0 Å². The lowest BCUT2D eigenvalue weighted by Gasteiger charge is -2.23. The Kier molecular flexibility index (Phi) is 2.18. The number of nitrogens with one attached hydrogen (secondary N) is 2. The van der Waals surface area contributed by atoms with Gasteiger partial charge in [0.05, 0.1) is 11.0 Å². The predicted molar refractivity (Wildman–Crippen MR) is 60.7 cm³/mol. The van der Waals surface area contributed by atoms with Crippen molar-refractivity contribution in [1.29, 1.82) is 0 Å². The van der Waals surface area contributed by atoms with E-state index in [1.165, 1.54) is 24.8 Å². The molecule has 0 amide bonds. The maximum atomic E-state index is 4.45. The summed E-state index contributed by atoms with van der Waals surface area (Å²) in [6.07, 6.45) is 7.79. The topological polar surface area (TPSA) is 40.7 Å². The van der Waals surface area contributed by atoms with Crippen molar-refractivity contribution in [3.05, 3.63) is 30.1 Å². The molecule has 2 aromatic rings. The van der Waals surface area contributed by atoms with Crippen molar-refractivity contribution in [1.82, 2.24) is 15.3 Å². The molecule has 0 unspecified atom stereocenters. The summed E-state index contributed by atoms with van der Waals surface area (Å²) in [6, 6.07) is 4.72. The van der Waals surface area contributed by atoms with E-state index >= 15 is 0 Å². The third-order valence-corrected chi connectivity index (χ3v) is 3.13. The zero-order valence-electron chi connectivity index (χ0n) is 8.66. The Morgan fingerprint density at radius 3 is 3.20 bits per heavy atom. The minimum Gasteiger partial charge on any atom is -0.360 e. The van der Waals surface area contributed by atoms with Gasteiger partial charge < -0.3 is 10.3 Å². The van der Waals surface area contributed by atoms with E-state index in [2.05, 4.69) is 21.4 Å². The number of fused-ring (bicyclic) bond motifs is 1. The molecule has 3 rings (SSSR count). The number of rotatable bonds is 1. The number of hydrogen-bond donors (Lipinski definition) is 2. The summed E-state index contributed by atoms with van der Waals surface area (Å²) < 4.78 is 0. The average molecular weight is 201 g/mol. The summed E-state index contributed by atoms with van der Waals surface area (Å²) in [5.74, 6) is 0. The zero-order chi connectivity index (χ0) is 10.1. The van der Waals surface area contributed by atoms with Crippen molar-refractivity contribution in [2.45, 2.75) is 25.3 Å². The first-order valence-corrected chi connectivity index (χ1v) is 5.60. The molecule has 0 bridgehead atoms. The van der Waals surface area contributed by atoms with E-state index in [9.17, 15) is 0 Å². The van der Waals surface area contributed by atoms with Gasteiger partial charge in [0, 0.05) is 18.4 Å². The van der Waals surface area contributed by atoms with Crippen molar-refractivity contribution in [2.24, 2.45) is 0 Å². The molecule has 0 aromatic carbocycles. The molecular weight excluding hydrogens is 186 g/mol. The molecule has 0 saturated carbocycles. The maximum absolute atomic E-state index is 4.45. The largest absolute Gasteiger partial charge is 0.360 e. The number of aromatic amines is 1. The van der Waals surface area contributed by atoms with Crippen LogP contribution in [0.15, 0.2) is 24.5 Å². The van der Waals surface area contributed by atoms with Crippen molar-refractivity contribution in [2.75, 3.05) is 6.54 Å². The molecule has 1 atom stereocenters. The molecule has 2 aromatic heterocycles. The summed E-state index contributed by atoms with van der Waals surface area (Å²) in [4.78, 5) is 7.65. The Bertz CT molecular complexity index is 455. The molecule has 0 spiro atoms. The summed E-state index contributed by atoms with van der Waals surface area (Å²) in [5, 5.41) is 3.54. The van der Waals surface area contributed by atoms with Gasteiger partial charge in [0.15, 0.2) is 0 Å². The van der Waals surface area contributed by atoms with Gasteiger partial charge in [-0.1, -0.05) is 6.42 Å². The van der Waals surface area contributed by atoms with Gasteiger partial charge in [0.1, 0.15) is 0 Å². The van der Waals surface area contributed by atoms with Crippen LogP contribution in [0.5, 0.6) is 0 Å². The third kappa shape index (κ3) is 1.63. The lowest BCUT2D eigenvalue weighted by molar-refractivity contribution is 0.412. The van der Waals surface area contributed by atoms with Crippen LogP contribution in [-0.4, -0.2) is 16.5 Å². The molecule has 3 heterocycles. The van der Waals surface area contributed by atoms with Gasteiger partial charge in [0.2, 0.25) is 0 Å². The van der Waals surface area contributed by atoms with Gasteiger partial charge in [0.25, 0.3) is 0 Å². The molecule has 1 aliphatic heterocycles. The second-order valence-electron chi connectivity index (χ2n) is 4.18. The Hall–Kier alpha value is -1.35. The fourth-order valence-electron chi connectivity index (χ4n) is 2.28. The molecular formula is C12H15N3. The SMILES string of the molecule is c1cc2ncc([C@H]3CCCCN3)cc2[nH]1. The average Bonchev–Trinajstić information content (AvgIpc) is 2.77. The van der Waals surface area contributed by atoms with Crippen molar-refractivity contribution in [3.8, 4) is 0 Å². The second-order valence-corrected chi connectivity index (χ2v) is 4.18. The van der Waals surface area contributed by atoms with Crippen LogP contribution in [-0.2, 0) is 0 Å². The normalized spacial score (nSPS) is 22.0. The summed E-state index contributed by atoms with van der Waals surface area (Å²) in [7, 11) is 0. The molecule has 78 valence electrons. The molecule has 2 N–H and O–H groups in total. The number of hydrogen-bond acceptors (Lipinski definition) is 2. The molecule has 1 aliphatic rings. The highest BCUT2D eigenvalue weighted by molar-refractivity contribution is 5.75. The smallest absolute Gasteiger partial charge is 0.0878 e. The Labute approximate surface area is 88.9 Å². The van der Waals surface area contributed by atoms with E-state index in [1.54, 1.807) is 0 Å². The maximum Gasteiger partial charge on any atom is 0.0878 e. The summed E-state index contributed by atoms with van der Waals surface area (Å²) in [6.45, 7) is 1.13. The Morgan fingerprint density at radius 2 is 2.33 bits per heavy atom. The Balaban J connectivity index is 1.95. The third-order valence-electron chi connectivity index (χ3n) is 3.13. The van der Waals surface area contributed by atoms with Crippen LogP contribution in [0.2, 0.25) is 0 Å². The van der Waals surface area contributed by atoms with Gasteiger partial charge in [-0.2, -0.15) is 0 Å². The highest BCUT2D eigenvalue weighted by Crippen LogP contribution is 2.24. The number of nitrogens with zero attached hydrogens (tertiary/aromatic N) is 1. The Morgan fingerprint density at radius 1 is 1.33 bits per heavy atom. The van der Waals surface area contributed by atoms with Crippen LogP contribution >= 0.6 is 0 Å². The zero-order valence-corrected chi connectivity index (χ0v) is 8.66. The second kappa shape index (κ2) is 3.66. The number of pyridine rings is 1. The van der Waals surface area contributed by atoms with Crippen LogP contribution in [0.1, 0.15) is 30.9 Å². The standard InChI is InChI=1S/C12H15N3/c1-2-5-13-10(3-1)9-7-12-11(15-8-9)4-6-14-12/h4,6-8,10,13-14H,1-3,5H2/t10-/m1/s1.